The molecule has 7 heteroatoms. The molecule has 100 valence electrons. The number of halogens is 1. The number of carboxylic acids is 1. The summed E-state index contributed by atoms with van der Waals surface area (Å²) in [5.41, 5.74) is 0. The smallest absolute Gasteiger partial charge is 0.313 e. The average Bonchev–Trinajstić information content (AvgIpc) is 2.71. The Morgan fingerprint density at radius 2 is 2.22 bits per heavy atom. The number of thioether (sulfide) groups is 1. The SMILES string of the molecule is O=C(O)CSCCNC(=O)CCc1ccc(Cl)s1. The van der Waals surface area contributed by atoms with Crippen molar-refractivity contribution in [3.8, 4) is 0 Å². The molecular formula is C11H14ClNO3S2. The summed E-state index contributed by atoms with van der Waals surface area (Å²) in [4.78, 5) is 22.8. The molecule has 1 amide bonds. The fourth-order valence-electron chi connectivity index (χ4n) is 1.23. The summed E-state index contributed by atoms with van der Waals surface area (Å²) < 4.78 is 0.732. The summed E-state index contributed by atoms with van der Waals surface area (Å²) in [5, 5.41) is 11.2. The van der Waals surface area contributed by atoms with Crippen LogP contribution in [0, 0.1) is 0 Å². The van der Waals surface area contributed by atoms with Crippen LogP contribution in [0.4, 0.5) is 0 Å². The van der Waals surface area contributed by atoms with E-state index in [0.717, 1.165) is 9.21 Å². The normalized spacial score (nSPS) is 10.3. The van der Waals surface area contributed by atoms with Crippen molar-refractivity contribution in [2.45, 2.75) is 12.8 Å². The van der Waals surface area contributed by atoms with E-state index in [0.29, 0.717) is 25.1 Å². The van der Waals surface area contributed by atoms with Crippen molar-refractivity contribution in [1.82, 2.24) is 5.32 Å². The van der Waals surface area contributed by atoms with Gasteiger partial charge in [0.05, 0.1) is 10.1 Å². The maximum Gasteiger partial charge on any atom is 0.313 e. The second kappa shape index (κ2) is 8.39. The molecule has 0 unspecified atom stereocenters. The Kier molecular flexibility index (Phi) is 7.15. The van der Waals surface area contributed by atoms with Gasteiger partial charge < -0.3 is 10.4 Å². The first-order chi connectivity index (χ1) is 8.58. The molecule has 1 heterocycles. The van der Waals surface area contributed by atoms with Crippen LogP contribution >= 0.6 is 34.7 Å². The molecule has 0 fully saturated rings. The lowest BCUT2D eigenvalue weighted by Gasteiger charge is -2.03. The number of thiophene rings is 1. The fraction of sp³-hybridized carbons (Fsp3) is 0.455. The highest BCUT2D eigenvalue weighted by molar-refractivity contribution is 7.99. The molecule has 0 saturated heterocycles. The third-order valence-electron chi connectivity index (χ3n) is 2.02. The molecule has 0 radical (unpaired) electrons. The minimum Gasteiger partial charge on any atom is -0.481 e. The maximum absolute atomic E-state index is 11.5. The Morgan fingerprint density at radius 1 is 1.44 bits per heavy atom. The predicted molar refractivity (Wildman–Crippen MR) is 75.6 cm³/mol. The Labute approximate surface area is 119 Å². The number of aryl methyl sites for hydroxylation is 1. The Bertz CT molecular complexity index is 409. The van der Waals surface area contributed by atoms with Crippen LogP contribution in [0.5, 0.6) is 0 Å². The van der Waals surface area contributed by atoms with Crippen LogP contribution in [0.3, 0.4) is 0 Å². The van der Waals surface area contributed by atoms with Gasteiger partial charge in [0.2, 0.25) is 5.91 Å². The number of hydrogen-bond acceptors (Lipinski definition) is 4. The number of aliphatic carboxylic acids is 1. The van der Waals surface area contributed by atoms with Crippen LogP contribution in [-0.2, 0) is 16.0 Å². The number of carbonyl (C=O) groups is 2. The van der Waals surface area contributed by atoms with Gasteiger partial charge in [0.25, 0.3) is 0 Å². The van der Waals surface area contributed by atoms with Gasteiger partial charge >= 0.3 is 5.97 Å². The van der Waals surface area contributed by atoms with Crippen molar-refractivity contribution in [3.05, 3.63) is 21.3 Å². The molecular weight excluding hydrogens is 294 g/mol. The quantitative estimate of drug-likeness (QED) is 0.723. The molecule has 0 atom stereocenters. The van der Waals surface area contributed by atoms with E-state index < -0.39 is 5.97 Å². The molecule has 0 aliphatic heterocycles. The molecule has 1 aromatic rings. The summed E-state index contributed by atoms with van der Waals surface area (Å²) in [5.74, 6) is -0.164. The molecule has 0 aromatic carbocycles. The van der Waals surface area contributed by atoms with Crippen molar-refractivity contribution < 1.29 is 14.7 Å². The standard InChI is InChI=1S/C11H14ClNO3S2/c12-9-3-1-8(18-9)2-4-10(14)13-5-6-17-7-11(15)16/h1,3H,2,4-7H2,(H,13,14)(H,15,16). The first kappa shape index (κ1) is 15.3. The largest absolute Gasteiger partial charge is 0.481 e. The highest BCUT2D eigenvalue weighted by Crippen LogP contribution is 2.22. The van der Waals surface area contributed by atoms with E-state index in [1.54, 1.807) is 0 Å². The van der Waals surface area contributed by atoms with Gasteiger partial charge in [-0.15, -0.1) is 23.1 Å². The molecule has 1 rings (SSSR count). The molecule has 18 heavy (non-hydrogen) atoms. The third-order valence-corrected chi connectivity index (χ3v) is 4.26. The first-order valence-corrected chi connectivity index (χ1v) is 7.73. The van der Waals surface area contributed by atoms with E-state index in [2.05, 4.69) is 5.32 Å². The zero-order chi connectivity index (χ0) is 13.4. The van der Waals surface area contributed by atoms with Crippen LogP contribution in [0.15, 0.2) is 12.1 Å². The van der Waals surface area contributed by atoms with Gasteiger partial charge in [0.15, 0.2) is 0 Å². The van der Waals surface area contributed by atoms with Crippen molar-refractivity contribution in [3.63, 3.8) is 0 Å². The topological polar surface area (TPSA) is 66.4 Å². The second-order valence-corrected chi connectivity index (χ2v) is 6.41. The van der Waals surface area contributed by atoms with Crippen LogP contribution in [0.2, 0.25) is 4.34 Å². The van der Waals surface area contributed by atoms with Gasteiger partial charge in [0, 0.05) is 23.6 Å². The summed E-state index contributed by atoms with van der Waals surface area (Å²) in [7, 11) is 0. The fourth-order valence-corrected chi connectivity index (χ4v) is 2.89. The molecule has 0 aliphatic carbocycles. The zero-order valence-corrected chi connectivity index (χ0v) is 12.0. The van der Waals surface area contributed by atoms with Crippen LogP contribution in [0.25, 0.3) is 0 Å². The Morgan fingerprint density at radius 3 is 2.83 bits per heavy atom. The third kappa shape index (κ3) is 6.88. The van der Waals surface area contributed by atoms with Gasteiger partial charge in [-0.1, -0.05) is 11.6 Å². The molecule has 0 spiro atoms. The number of nitrogens with one attached hydrogen (secondary N) is 1. The van der Waals surface area contributed by atoms with Gasteiger partial charge in [-0.2, -0.15) is 0 Å². The molecule has 0 bridgehead atoms. The summed E-state index contributed by atoms with van der Waals surface area (Å²) in [6.07, 6.45) is 1.12. The van der Waals surface area contributed by atoms with E-state index in [1.165, 1.54) is 23.1 Å². The number of hydrogen-bond donors (Lipinski definition) is 2. The summed E-state index contributed by atoms with van der Waals surface area (Å²) in [6, 6.07) is 3.74. The minimum atomic E-state index is -0.832. The number of carbonyl (C=O) groups excluding carboxylic acids is 1. The number of amides is 1. The highest BCUT2D eigenvalue weighted by Gasteiger charge is 2.04. The van der Waals surface area contributed by atoms with E-state index >= 15 is 0 Å². The lowest BCUT2D eigenvalue weighted by Crippen LogP contribution is -2.26. The first-order valence-electron chi connectivity index (χ1n) is 5.38. The second-order valence-electron chi connectivity index (χ2n) is 3.50. The lowest BCUT2D eigenvalue weighted by atomic mass is 10.2. The minimum absolute atomic E-state index is 0.0181. The molecule has 0 saturated carbocycles. The molecule has 2 N–H and O–H groups in total. The number of carboxylic acid groups (broad SMARTS) is 1. The lowest BCUT2D eigenvalue weighted by molar-refractivity contribution is -0.133. The van der Waals surface area contributed by atoms with E-state index in [1.807, 2.05) is 12.1 Å². The molecule has 4 nitrogen and oxygen atoms in total. The highest BCUT2D eigenvalue weighted by atomic mass is 35.5. The van der Waals surface area contributed by atoms with E-state index in [4.69, 9.17) is 16.7 Å². The number of rotatable bonds is 8. The molecule has 1 aromatic heterocycles. The van der Waals surface area contributed by atoms with Crippen molar-refractivity contribution >= 4 is 46.6 Å². The van der Waals surface area contributed by atoms with Gasteiger partial charge in [-0.25, -0.2) is 0 Å². The van der Waals surface area contributed by atoms with Crippen LogP contribution in [-0.4, -0.2) is 35.0 Å². The van der Waals surface area contributed by atoms with Gasteiger partial charge in [-0.05, 0) is 18.6 Å². The molecule has 0 aliphatic rings. The maximum atomic E-state index is 11.5. The zero-order valence-electron chi connectivity index (χ0n) is 9.65. The Balaban J connectivity index is 2.05. The Hall–Kier alpha value is -0.720. The van der Waals surface area contributed by atoms with Crippen molar-refractivity contribution in [2.24, 2.45) is 0 Å². The predicted octanol–water partition coefficient (Wildman–Crippen LogP) is 2.27. The van der Waals surface area contributed by atoms with Gasteiger partial charge in [0.1, 0.15) is 0 Å². The monoisotopic (exact) mass is 307 g/mol. The van der Waals surface area contributed by atoms with Crippen molar-refractivity contribution in [1.29, 1.82) is 0 Å². The van der Waals surface area contributed by atoms with Crippen LogP contribution in [0.1, 0.15) is 11.3 Å². The van der Waals surface area contributed by atoms with Crippen molar-refractivity contribution in [2.75, 3.05) is 18.1 Å². The average molecular weight is 308 g/mol. The van der Waals surface area contributed by atoms with Crippen LogP contribution < -0.4 is 5.32 Å². The summed E-state index contributed by atoms with van der Waals surface area (Å²) >= 11 is 8.56. The summed E-state index contributed by atoms with van der Waals surface area (Å²) in [6.45, 7) is 0.502. The van der Waals surface area contributed by atoms with E-state index in [-0.39, 0.29) is 11.7 Å². The van der Waals surface area contributed by atoms with E-state index in [9.17, 15) is 9.59 Å². The van der Waals surface area contributed by atoms with Gasteiger partial charge in [-0.3, -0.25) is 9.59 Å².